The zero-order valence-electron chi connectivity index (χ0n) is 24.0. The molecule has 9 heteroatoms. The number of rotatable bonds is 13. The average Bonchev–Trinajstić information content (AvgIpc) is 3.67. The molecule has 0 saturated carbocycles. The van der Waals surface area contributed by atoms with Gasteiger partial charge in [0.15, 0.2) is 0 Å². The summed E-state index contributed by atoms with van der Waals surface area (Å²) in [5.41, 5.74) is 9.53. The summed E-state index contributed by atoms with van der Waals surface area (Å²) in [5.74, 6) is -0.980. The summed E-state index contributed by atoms with van der Waals surface area (Å²) in [5, 5.41) is 10.5. The lowest BCUT2D eigenvalue weighted by molar-refractivity contribution is -0.144. The van der Waals surface area contributed by atoms with Gasteiger partial charge in [0, 0.05) is 56.7 Å². The molecule has 41 heavy (non-hydrogen) atoms. The second kappa shape index (κ2) is 13.0. The van der Waals surface area contributed by atoms with Crippen LogP contribution in [0.5, 0.6) is 5.75 Å². The molecule has 0 radical (unpaired) electrons. The van der Waals surface area contributed by atoms with Crippen LogP contribution in [0.2, 0.25) is 0 Å². The fraction of sp³-hybridized carbons (Fsp3) is 0.531. The van der Waals surface area contributed by atoms with Gasteiger partial charge in [-0.05, 0) is 54.6 Å². The first kappa shape index (κ1) is 29.1. The number of hydrogen-bond donors (Lipinski definition) is 2. The van der Waals surface area contributed by atoms with Crippen molar-refractivity contribution in [3.05, 3.63) is 64.7 Å². The van der Waals surface area contributed by atoms with Crippen LogP contribution in [-0.4, -0.2) is 89.5 Å². The van der Waals surface area contributed by atoms with Gasteiger partial charge in [-0.15, -0.1) is 0 Å². The Morgan fingerprint density at radius 2 is 1.93 bits per heavy atom. The van der Waals surface area contributed by atoms with Crippen molar-refractivity contribution in [1.29, 1.82) is 0 Å². The highest BCUT2D eigenvalue weighted by molar-refractivity contribution is 5.98. The van der Waals surface area contributed by atoms with E-state index in [1.54, 1.807) is 4.90 Å². The zero-order chi connectivity index (χ0) is 28.9. The predicted molar refractivity (Wildman–Crippen MR) is 156 cm³/mol. The van der Waals surface area contributed by atoms with Crippen LogP contribution >= 0.6 is 0 Å². The van der Waals surface area contributed by atoms with Gasteiger partial charge in [-0.1, -0.05) is 43.7 Å². The molecule has 3 N–H and O–H groups in total. The van der Waals surface area contributed by atoms with Crippen LogP contribution in [0.15, 0.2) is 42.5 Å². The molecule has 0 aromatic heterocycles. The van der Waals surface area contributed by atoms with Gasteiger partial charge in [0.1, 0.15) is 5.75 Å². The summed E-state index contributed by atoms with van der Waals surface area (Å²) in [6.07, 6.45) is 3.91. The maximum absolute atomic E-state index is 13.6. The number of ether oxygens (including phenoxy) is 1. The molecule has 0 spiro atoms. The van der Waals surface area contributed by atoms with Gasteiger partial charge in [0.2, 0.25) is 5.91 Å². The maximum Gasteiger partial charge on any atom is 0.308 e. The molecule has 3 aliphatic rings. The van der Waals surface area contributed by atoms with E-state index in [9.17, 15) is 19.5 Å². The highest BCUT2D eigenvalue weighted by Gasteiger charge is 2.47. The Kier molecular flexibility index (Phi) is 9.25. The number of amides is 2. The Bertz CT molecular complexity index is 1260. The molecule has 3 atom stereocenters. The molecular weight excluding hydrogens is 520 g/mol. The average molecular weight is 563 g/mol. The van der Waals surface area contributed by atoms with E-state index in [1.165, 1.54) is 0 Å². The Labute approximate surface area is 242 Å². The molecule has 2 aromatic rings. The smallest absolute Gasteiger partial charge is 0.308 e. The third kappa shape index (κ3) is 6.26. The number of nitrogens with two attached hydrogens (primary N) is 1. The topological polar surface area (TPSA) is 116 Å². The first-order valence-electron chi connectivity index (χ1n) is 15.0. The molecule has 3 unspecified atom stereocenters. The van der Waals surface area contributed by atoms with Crippen molar-refractivity contribution < 1.29 is 24.2 Å². The van der Waals surface area contributed by atoms with E-state index < -0.39 is 11.9 Å². The monoisotopic (exact) mass is 562 g/mol. The number of unbranched alkanes of at least 4 members (excludes halogenated alkanes) is 1. The lowest BCUT2D eigenvalue weighted by Gasteiger charge is -2.30. The summed E-state index contributed by atoms with van der Waals surface area (Å²) in [4.78, 5) is 45.3. The molecule has 5 rings (SSSR count). The highest BCUT2D eigenvalue weighted by Crippen LogP contribution is 2.41. The van der Waals surface area contributed by atoms with E-state index in [4.69, 9.17) is 10.5 Å². The molecule has 0 aliphatic carbocycles. The van der Waals surface area contributed by atoms with Gasteiger partial charge in [-0.25, -0.2) is 0 Å². The number of nitrogens with zero attached hydrogens (tertiary/aromatic N) is 3. The molecule has 9 nitrogen and oxygen atoms in total. The minimum atomic E-state index is -0.867. The van der Waals surface area contributed by atoms with Gasteiger partial charge >= 0.3 is 5.97 Å². The van der Waals surface area contributed by atoms with Crippen LogP contribution in [0.4, 0.5) is 0 Å². The number of carboxylic acids is 1. The van der Waals surface area contributed by atoms with Gasteiger partial charge in [0.25, 0.3) is 5.91 Å². The minimum absolute atomic E-state index is 0.00805. The Hall–Kier alpha value is -3.43. The third-order valence-corrected chi connectivity index (χ3v) is 8.87. The molecule has 220 valence electrons. The van der Waals surface area contributed by atoms with Crippen molar-refractivity contribution >= 4 is 17.8 Å². The van der Waals surface area contributed by atoms with E-state index in [0.717, 1.165) is 48.1 Å². The molecule has 1 fully saturated rings. The molecule has 3 aliphatic heterocycles. The van der Waals surface area contributed by atoms with E-state index >= 15 is 0 Å². The summed E-state index contributed by atoms with van der Waals surface area (Å²) < 4.78 is 5.68. The van der Waals surface area contributed by atoms with Crippen LogP contribution in [0, 0.1) is 5.92 Å². The van der Waals surface area contributed by atoms with Crippen LogP contribution < -0.4 is 10.5 Å². The van der Waals surface area contributed by atoms with Crippen molar-refractivity contribution in [3.63, 3.8) is 0 Å². The number of carbonyl (C=O) groups is 3. The quantitative estimate of drug-likeness (QED) is 0.385. The first-order chi connectivity index (χ1) is 19.9. The molecule has 2 aromatic carbocycles. The summed E-state index contributed by atoms with van der Waals surface area (Å²) in [7, 11) is 0. The maximum atomic E-state index is 13.6. The van der Waals surface area contributed by atoms with Crippen LogP contribution in [0.1, 0.15) is 65.6 Å². The fourth-order valence-electron chi connectivity index (χ4n) is 6.68. The molecule has 3 heterocycles. The van der Waals surface area contributed by atoms with Gasteiger partial charge in [0.05, 0.1) is 19.1 Å². The normalized spacial score (nSPS) is 21.6. The highest BCUT2D eigenvalue weighted by atomic mass is 16.5. The van der Waals surface area contributed by atoms with Crippen molar-refractivity contribution in [1.82, 2.24) is 14.7 Å². The zero-order valence-corrected chi connectivity index (χ0v) is 24.0. The molecule has 2 amide bonds. The molecule has 0 bridgehead atoms. The van der Waals surface area contributed by atoms with Gasteiger partial charge in [-0.2, -0.15) is 0 Å². The largest absolute Gasteiger partial charge is 0.493 e. The summed E-state index contributed by atoms with van der Waals surface area (Å²) in [6, 6.07) is 13.2. The first-order valence-corrected chi connectivity index (χ1v) is 15.0. The second-order valence-corrected chi connectivity index (χ2v) is 11.5. The van der Waals surface area contributed by atoms with Crippen LogP contribution in [-0.2, 0) is 22.6 Å². The SMILES string of the molecule is CCCCN(CCCN)C(=O)CN1CC(c2ccc3c(c2)CCO3)C(C(=O)O)C1CCN1Cc2ccccc2C1=O. The van der Waals surface area contributed by atoms with Crippen LogP contribution in [0.25, 0.3) is 0 Å². The Morgan fingerprint density at radius 3 is 2.68 bits per heavy atom. The van der Waals surface area contributed by atoms with E-state index in [2.05, 4.69) is 17.9 Å². The standard InChI is InChI=1S/C32H42N4O5/c1-2-3-14-34(15-6-13-33)29(37)21-36-20-26(22-9-10-28-23(18-22)12-17-41-28)30(32(39)40)27(36)11-16-35-19-24-7-4-5-8-25(24)31(35)38/h4-5,7-10,18,26-27,30H,2-3,6,11-17,19-21,33H2,1H3,(H,39,40). The number of likely N-dealkylation sites (tertiary alicyclic amines) is 1. The van der Waals surface area contributed by atoms with Crippen molar-refractivity contribution in [3.8, 4) is 5.75 Å². The summed E-state index contributed by atoms with van der Waals surface area (Å²) in [6.45, 7) is 6.11. The van der Waals surface area contributed by atoms with E-state index in [0.29, 0.717) is 57.9 Å². The Morgan fingerprint density at radius 1 is 1.12 bits per heavy atom. The van der Waals surface area contributed by atoms with E-state index in [1.807, 2.05) is 41.3 Å². The van der Waals surface area contributed by atoms with Gasteiger partial charge < -0.3 is 25.4 Å². The number of carboxylic acid groups (broad SMARTS) is 1. The number of fused-ring (bicyclic) bond motifs is 2. The Balaban J connectivity index is 1.39. The van der Waals surface area contributed by atoms with Crippen LogP contribution in [0.3, 0.4) is 0 Å². The number of aliphatic carboxylic acids is 1. The number of hydrogen-bond acceptors (Lipinski definition) is 6. The summed E-state index contributed by atoms with van der Waals surface area (Å²) >= 11 is 0. The van der Waals surface area contributed by atoms with Crippen molar-refractivity contribution in [2.75, 3.05) is 45.9 Å². The van der Waals surface area contributed by atoms with E-state index in [-0.39, 0.29) is 30.3 Å². The molecule has 1 saturated heterocycles. The van der Waals surface area contributed by atoms with Crippen molar-refractivity contribution in [2.45, 2.75) is 57.5 Å². The minimum Gasteiger partial charge on any atom is -0.493 e. The van der Waals surface area contributed by atoms with Gasteiger partial charge in [-0.3, -0.25) is 19.3 Å². The fourth-order valence-corrected chi connectivity index (χ4v) is 6.68. The number of benzene rings is 2. The third-order valence-electron chi connectivity index (χ3n) is 8.87. The second-order valence-electron chi connectivity index (χ2n) is 11.5. The molecular formula is C32H42N4O5. The number of carbonyl (C=O) groups excluding carboxylic acids is 2. The van der Waals surface area contributed by atoms with Crippen molar-refractivity contribution in [2.24, 2.45) is 11.7 Å². The lowest BCUT2D eigenvalue weighted by Crippen LogP contribution is -2.46. The lowest BCUT2D eigenvalue weighted by atomic mass is 9.83. The predicted octanol–water partition coefficient (Wildman–Crippen LogP) is 3.11.